The van der Waals surface area contributed by atoms with Crippen LogP contribution in [0.2, 0.25) is 0 Å². The monoisotopic (exact) mass is 356 g/mol. The molecule has 6 heteroatoms. The van der Waals surface area contributed by atoms with E-state index in [0.717, 1.165) is 26.7 Å². The summed E-state index contributed by atoms with van der Waals surface area (Å²) >= 11 is 5.14. The fourth-order valence-corrected chi connectivity index (χ4v) is 2.73. The largest absolute Gasteiger partial charge is 0.493 e. The molecule has 0 saturated heterocycles. The molecule has 1 aromatic carbocycles. The number of halogens is 1. The van der Waals surface area contributed by atoms with Crippen molar-refractivity contribution >= 4 is 32.4 Å². The molecule has 0 radical (unpaired) electrons. The van der Waals surface area contributed by atoms with Gasteiger partial charge in [-0.25, -0.2) is 4.98 Å². The van der Waals surface area contributed by atoms with Gasteiger partial charge in [-0.2, -0.15) is 0 Å². The molecule has 0 unspecified atom stereocenters. The summed E-state index contributed by atoms with van der Waals surface area (Å²) in [5.74, 6) is 1.50. The third-order valence-corrected chi connectivity index (χ3v) is 4.06. The van der Waals surface area contributed by atoms with Crippen LogP contribution in [-0.4, -0.2) is 18.2 Å². The van der Waals surface area contributed by atoms with Gasteiger partial charge in [-0.3, -0.25) is 0 Å². The van der Waals surface area contributed by atoms with Crippen LogP contribution in [0.15, 0.2) is 28.2 Å². The second-order valence-electron chi connectivity index (χ2n) is 4.41. The number of thiazole rings is 1. The van der Waals surface area contributed by atoms with Crippen LogP contribution in [0.25, 0.3) is 0 Å². The quantitative estimate of drug-likeness (QED) is 0.837. The Balaban J connectivity index is 2.28. The Kier molecular flexibility index (Phi) is 5.25. The van der Waals surface area contributed by atoms with Gasteiger partial charge in [0.05, 0.1) is 13.2 Å². The number of ether oxygens (including phenoxy) is 2. The highest BCUT2D eigenvalue weighted by molar-refractivity contribution is 9.10. The highest BCUT2D eigenvalue weighted by Gasteiger charge is 2.16. The summed E-state index contributed by atoms with van der Waals surface area (Å²) in [5.41, 5.74) is 1.02. The molecule has 108 valence electrons. The summed E-state index contributed by atoms with van der Waals surface area (Å²) in [4.78, 5) is 4.21. The van der Waals surface area contributed by atoms with Gasteiger partial charge in [-0.05, 0) is 26.0 Å². The van der Waals surface area contributed by atoms with E-state index in [2.05, 4.69) is 26.2 Å². The smallest absolute Gasteiger partial charge is 0.182 e. The lowest BCUT2D eigenvalue weighted by Crippen LogP contribution is -2.11. The second kappa shape index (κ2) is 6.95. The van der Waals surface area contributed by atoms with Crippen LogP contribution in [-0.2, 0) is 6.54 Å². The number of methoxy groups -OCH3 is 1. The summed E-state index contributed by atoms with van der Waals surface area (Å²) in [5, 5.41) is 6.11. The first kappa shape index (κ1) is 15.1. The molecule has 1 N–H and O–H groups in total. The first-order chi connectivity index (χ1) is 9.61. The van der Waals surface area contributed by atoms with Gasteiger partial charge in [0.25, 0.3) is 0 Å². The van der Waals surface area contributed by atoms with Crippen molar-refractivity contribution < 1.29 is 9.47 Å². The topological polar surface area (TPSA) is 43.4 Å². The average Bonchev–Trinajstić information content (AvgIpc) is 2.91. The zero-order valence-electron chi connectivity index (χ0n) is 11.6. The number of nitrogens with zero attached hydrogens (tertiary/aromatic N) is 1. The minimum Gasteiger partial charge on any atom is -0.493 e. The van der Waals surface area contributed by atoms with Crippen molar-refractivity contribution in [3.63, 3.8) is 0 Å². The van der Waals surface area contributed by atoms with Crippen molar-refractivity contribution in [1.29, 1.82) is 0 Å². The van der Waals surface area contributed by atoms with Crippen LogP contribution in [0.3, 0.4) is 0 Å². The molecule has 0 amide bonds. The Morgan fingerprint density at radius 1 is 1.40 bits per heavy atom. The molecule has 0 atom stereocenters. The summed E-state index contributed by atoms with van der Waals surface area (Å²) in [6.07, 6.45) is 1.86. The summed E-state index contributed by atoms with van der Waals surface area (Å²) in [7, 11) is 1.65. The molecular weight excluding hydrogens is 340 g/mol. The number of anilines is 1. The number of hydrogen-bond donors (Lipinski definition) is 1. The molecule has 1 heterocycles. The average molecular weight is 357 g/mol. The van der Waals surface area contributed by atoms with Crippen LogP contribution in [0.5, 0.6) is 11.5 Å². The molecule has 2 rings (SSSR count). The molecule has 0 saturated carbocycles. The Hall–Kier alpha value is -1.27. The molecule has 0 fully saturated rings. The van der Waals surface area contributed by atoms with Crippen molar-refractivity contribution in [1.82, 2.24) is 4.98 Å². The fraction of sp³-hybridized carbons (Fsp3) is 0.357. The number of benzene rings is 1. The molecule has 1 aromatic heterocycles. The number of rotatable bonds is 6. The highest BCUT2D eigenvalue weighted by Crippen LogP contribution is 2.37. The van der Waals surface area contributed by atoms with Crippen LogP contribution >= 0.6 is 27.3 Å². The van der Waals surface area contributed by atoms with Crippen LogP contribution < -0.4 is 14.8 Å². The molecule has 20 heavy (non-hydrogen) atoms. The minimum atomic E-state index is 0.0804. The van der Waals surface area contributed by atoms with Gasteiger partial charge >= 0.3 is 0 Å². The Morgan fingerprint density at radius 3 is 2.80 bits per heavy atom. The first-order valence-electron chi connectivity index (χ1n) is 6.27. The number of hydrogen-bond acceptors (Lipinski definition) is 5. The van der Waals surface area contributed by atoms with E-state index >= 15 is 0 Å². The minimum absolute atomic E-state index is 0.0804. The number of nitrogens with one attached hydrogen (secondary N) is 1. The SMILES string of the molecule is COc1ccc(Br)c(CNc2nccs2)c1OC(C)C. The van der Waals surface area contributed by atoms with Gasteiger partial charge in [-0.1, -0.05) is 15.9 Å². The van der Waals surface area contributed by atoms with E-state index in [1.165, 1.54) is 0 Å². The third-order valence-electron chi connectivity index (χ3n) is 2.59. The lowest BCUT2D eigenvalue weighted by Gasteiger charge is -2.19. The van der Waals surface area contributed by atoms with Crippen molar-refractivity contribution in [2.45, 2.75) is 26.5 Å². The molecule has 0 bridgehead atoms. The van der Waals surface area contributed by atoms with Crippen molar-refractivity contribution in [3.8, 4) is 11.5 Å². The highest BCUT2D eigenvalue weighted by atomic mass is 79.9. The third kappa shape index (κ3) is 3.64. The standard InChI is InChI=1S/C14H17BrN2O2S/c1-9(2)19-13-10(8-17-14-16-6-7-20-14)11(15)4-5-12(13)18-3/h4-7,9H,8H2,1-3H3,(H,16,17). The van der Waals surface area contributed by atoms with Crippen molar-refractivity contribution in [2.75, 3.05) is 12.4 Å². The first-order valence-corrected chi connectivity index (χ1v) is 7.94. The van der Waals surface area contributed by atoms with Gasteiger partial charge in [-0.15, -0.1) is 11.3 Å². The maximum atomic E-state index is 5.91. The second-order valence-corrected chi connectivity index (χ2v) is 6.16. The zero-order valence-corrected chi connectivity index (χ0v) is 14.0. The van der Waals surface area contributed by atoms with Gasteiger partial charge in [0.1, 0.15) is 0 Å². The van der Waals surface area contributed by atoms with Crippen molar-refractivity contribution in [3.05, 3.63) is 33.7 Å². The Labute approximate surface area is 131 Å². The lowest BCUT2D eigenvalue weighted by atomic mass is 10.2. The zero-order chi connectivity index (χ0) is 14.5. The lowest BCUT2D eigenvalue weighted by molar-refractivity contribution is 0.227. The van der Waals surface area contributed by atoms with E-state index < -0.39 is 0 Å². The number of aromatic nitrogens is 1. The molecule has 0 aliphatic rings. The summed E-state index contributed by atoms with van der Waals surface area (Å²) < 4.78 is 12.3. The molecule has 2 aromatic rings. The van der Waals surface area contributed by atoms with E-state index in [-0.39, 0.29) is 6.10 Å². The van der Waals surface area contributed by atoms with Crippen LogP contribution in [0, 0.1) is 0 Å². The van der Waals surface area contributed by atoms with Crippen LogP contribution in [0.1, 0.15) is 19.4 Å². The van der Waals surface area contributed by atoms with Gasteiger partial charge in [0.2, 0.25) is 0 Å². The Morgan fingerprint density at radius 2 is 2.20 bits per heavy atom. The van der Waals surface area contributed by atoms with Crippen molar-refractivity contribution in [2.24, 2.45) is 0 Å². The van der Waals surface area contributed by atoms with E-state index in [0.29, 0.717) is 6.54 Å². The summed E-state index contributed by atoms with van der Waals surface area (Å²) in [6, 6.07) is 3.86. The van der Waals surface area contributed by atoms with Gasteiger partial charge in [0, 0.05) is 28.2 Å². The maximum Gasteiger partial charge on any atom is 0.182 e. The summed E-state index contributed by atoms with van der Waals surface area (Å²) in [6.45, 7) is 4.62. The molecule has 0 aliphatic heterocycles. The predicted molar refractivity (Wildman–Crippen MR) is 85.9 cm³/mol. The maximum absolute atomic E-state index is 5.91. The molecule has 4 nitrogen and oxygen atoms in total. The van der Waals surface area contributed by atoms with E-state index in [1.54, 1.807) is 24.6 Å². The van der Waals surface area contributed by atoms with E-state index in [9.17, 15) is 0 Å². The fourth-order valence-electron chi connectivity index (χ4n) is 1.75. The van der Waals surface area contributed by atoms with E-state index in [1.807, 2.05) is 31.4 Å². The Bertz CT molecular complexity index is 559. The van der Waals surface area contributed by atoms with Crippen LogP contribution in [0.4, 0.5) is 5.13 Å². The van der Waals surface area contributed by atoms with E-state index in [4.69, 9.17) is 9.47 Å². The predicted octanol–water partition coefficient (Wildman–Crippen LogP) is 4.31. The molecule has 0 spiro atoms. The van der Waals surface area contributed by atoms with Gasteiger partial charge < -0.3 is 14.8 Å². The van der Waals surface area contributed by atoms with Gasteiger partial charge in [0.15, 0.2) is 16.6 Å². The normalized spacial score (nSPS) is 10.7. The molecular formula is C14H17BrN2O2S. The molecule has 0 aliphatic carbocycles.